The highest BCUT2D eigenvalue weighted by atomic mass is 35.5. The van der Waals surface area contributed by atoms with Gasteiger partial charge in [-0.3, -0.25) is 14.5 Å². The van der Waals surface area contributed by atoms with Crippen LogP contribution < -0.4 is 0 Å². The molecule has 1 aromatic carbocycles. The number of nitrogens with zero attached hydrogens (tertiary/aromatic N) is 2. The van der Waals surface area contributed by atoms with Gasteiger partial charge in [0.25, 0.3) is 11.8 Å². The topological polar surface area (TPSA) is 74.3 Å². The van der Waals surface area contributed by atoms with Gasteiger partial charge in [0.2, 0.25) is 0 Å². The Kier molecular flexibility index (Phi) is 5.97. The first-order valence-corrected chi connectivity index (χ1v) is 9.73. The first kappa shape index (κ1) is 20.9. The molecule has 148 valence electrons. The molecule has 2 amide bonds. The number of rotatable bonds is 4. The molecule has 7 heteroatoms. The molecule has 0 saturated carbocycles. The predicted octanol–water partition coefficient (Wildman–Crippen LogP) is 5.50. The van der Waals surface area contributed by atoms with Crippen LogP contribution in [0.15, 0.2) is 51.5 Å². The molecular formula is C22H18Cl2N2O3. The smallest absolute Gasteiger partial charge is 0.271 e. The van der Waals surface area contributed by atoms with Crippen LogP contribution in [0.4, 0.5) is 0 Å². The fourth-order valence-corrected chi connectivity index (χ4v) is 3.47. The van der Waals surface area contributed by atoms with E-state index in [9.17, 15) is 14.9 Å². The molecule has 3 rings (SSSR count). The second kappa shape index (κ2) is 8.28. The molecular weight excluding hydrogens is 411 g/mol. The number of amides is 2. The lowest BCUT2D eigenvalue weighted by atomic mass is 9.94. The summed E-state index contributed by atoms with van der Waals surface area (Å²) in [5.41, 5.74) is 1.17. The molecule has 0 radical (unpaired) electrons. The Morgan fingerprint density at radius 3 is 2.55 bits per heavy atom. The SMILES string of the molecule is CC1=C(C#N)C(=O)N(CC(C)C)C(=O)/C1=C/c1ccc(-c2cccc(Cl)c2Cl)o1. The maximum Gasteiger partial charge on any atom is 0.271 e. The number of nitriles is 1. The molecule has 0 N–H and O–H groups in total. The minimum atomic E-state index is -0.563. The van der Waals surface area contributed by atoms with Gasteiger partial charge in [-0.1, -0.05) is 43.1 Å². The van der Waals surface area contributed by atoms with Crippen LogP contribution in [-0.2, 0) is 9.59 Å². The van der Waals surface area contributed by atoms with Crippen LogP contribution in [0.1, 0.15) is 26.5 Å². The maximum atomic E-state index is 12.9. The number of halogens is 2. The van der Waals surface area contributed by atoms with Crippen LogP contribution in [-0.4, -0.2) is 23.3 Å². The molecule has 0 spiro atoms. The van der Waals surface area contributed by atoms with Gasteiger partial charge < -0.3 is 4.42 Å². The second-order valence-corrected chi connectivity index (χ2v) is 7.87. The second-order valence-electron chi connectivity index (χ2n) is 7.09. The standard InChI is InChI=1S/C22H18Cl2N2O3/c1-12(2)11-26-21(27)16(13(3)17(10-25)22(26)28)9-14-7-8-19(29-14)15-5-4-6-18(23)20(15)24/h4-9,12H,11H2,1-3H3/b16-9+. The van der Waals surface area contributed by atoms with E-state index in [1.54, 1.807) is 37.3 Å². The van der Waals surface area contributed by atoms with Gasteiger partial charge in [0.05, 0.1) is 10.0 Å². The largest absolute Gasteiger partial charge is 0.457 e. The van der Waals surface area contributed by atoms with E-state index < -0.39 is 11.8 Å². The lowest BCUT2D eigenvalue weighted by Gasteiger charge is -2.28. The normalized spacial score (nSPS) is 16.2. The molecule has 1 aliphatic rings. The van der Waals surface area contributed by atoms with Crippen molar-refractivity contribution in [1.82, 2.24) is 4.90 Å². The average molecular weight is 429 g/mol. The first-order chi connectivity index (χ1) is 13.7. The zero-order chi connectivity index (χ0) is 21.3. The maximum absolute atomic E-state index is 12.9. The van der Waals surface area contributed by atoms with E-state index >= 15 is 0 Å². The first-order valence-electron chi connectivity index (χ1n) is 8.98. The zero-order valence-electron chi connectivity index (χ0n) is 16.1. The quantitative estimate of drug-likeness (QED) is 0.475. The summed E-state index contributed by atoms with van der Waals surface area (Å²) in [5.74, 6) is -0.0481. The molecule has 2 aromatic rings. The molecule has 0 aliphatic carbocycles. The number of imide groups is 1. The number of carbonyl (C=O) groups is 2. The summed E-state index contributed by atoms with van der Waals surface area (Å²) in [6.07, 6.45) is 1.54. The van der Waals surface area contributed by atoms with Gasteiger partial charge in [0.1, 0.15) is 23.2 Å². The fraction of sp³-hybridized carbons (Fsp3) is 0.227. The highest BCUT2D eigenvalue weighted by molar-refractivity contribution is 6.43. The third kappa shape index (κ3) is 4.00. The molecule has 0 unspecified atom stereocenters. The van der Waals surface area contributed by atoms with Gasteiger partial charge in [-0.15, -0.1) is 0 Å². The third-order valence-corrected chi connectivity index (χ3v) is 5.32. The highest BCUT2D eigenvalue weighted by Crippen LogP contribution is 2.35. The summed E-state index contributed by atoms with van der Waals surface area (Å²) in [6.45, 7) is 5.61. The molecule has 1 aromatic heterocycles. The van der Waals surface area contributed by atoms with Gasteiger partial charge in [0, 0.05) is 17.7 Å². The van der Waals surface area contributed by atoms with Gasteiger partial charge in [0.15, 0.2) is 0 Å². The summed E-state index contributed by atoms with van der Waals surface area (Å²) in [6, 6.07) is 10.5. The summed E-state index contributed by atoms with van der Waals surface area (Å²) >= 11 is 12.3. The van der Waals surface area contributed by atoms with E-state index in [4.69, 9.17) is 27.6 Å². The van der Waals surface area contributed by atoms with Crippen molar-refractivity contribution in [2.45, 2.75) is 20.8 Å². The Morgan fingerprint density at radius 1 is 1.17 bits per heavy atom. The van der Waals surface area contributed by atoms with Crippen molar-refractivity contribution in [3.05, 3.63) is 62.9 Å². The van der Waals surface area contributed by atoms with Crippen LogP contribution >= 0.6 is 23.2 Å². The summed E-state index contributed by atoms with van der Waals surface area (Å²) < 4.78 is 5.84. The van der Waals surface area contributed by atoms with Crippen molar-refractivity contribution in [2.75, 3.05) is 6.54 Å². The predicted molar refractivity (Wildman–Crippen MR) is 112 cm³/mol. The molecule has 1 aliphatic heterocycles. The third-order valence-electron chi connectivity index (χ3n) is 4.50. The minimum absolute atomic E-state index is 0.0406. The van der Waals surface area contributed by atoms with E-state index in [0.717, 1.165) is 4.90 Å². The Bertz CT molecular complexity index is 1100. The Balaban J connectivity index is 2.05. The van der Waals surface area contributed by atoms with Crippen molar-refractivity contribution in [3.8, 4) is 17.4 Å². The zero-order valence-corrected chi connectivity index (χ0v) is 17.6. The molecule has 29 heavy (non-hydrogen) atoms. The van der Waals surface area contributed by atoms with E-state index in [1.807, 2.05) is 19.9 Å². The molecule has 0 bridgehead atoms. The summed E-state index contributed by atoms with van der Waals surface area (Å²) in [7, 11) is 0. The van der Waals surface area contributed by atoms with Gasteiger partial charge in [-0.25, -0.2) is 0 Å². The van der Waals surface area contributed by atoms with E-state index in [2.05, 4.69) is 0 Å². The van der Waals surface area contributed by atoms with Gasteiger partial charge >= 0.3 is 0 Å². The highest BCUT2D eigenvalue weighted by Gasteiger charge is 2.35. The van der Waals surface area contributed by atoms with Crippen molar-refractivity contribution in [3.63, 3.8) is 0 Å². The van der Waals surface area contributed by atoms with Gasteiger partial charge in [-0.2, -0.15) is 5.26 Å². The van der Waals surface area contributed by atoms with Crippen LogP contribution in [0.2, 0.25) is 10.0 Å². The molecule has 0 fully saturated rings. The summed E-state index contributed by atoms with van der Waals surface area (Å²) in [5, 5.41) is 10.2. The fourth-order valence-electron chi connectivity index (χ4n) is 3.07. The number of benzene rings is 1. The van der Waals surface area contributed by atoms with Gasteiger partial charge in [-0.05, 0) is 48.8 Å². The Labute approximate surface area is 178 Å². The number of furan rings is 1. The molecule has 0 atom stereocenters. The number of carbonyl (C=O) groups excluding carboxylic acids is 2. The van der Waals surface area contributed by atoms with Crippen LogP contribution in [0.5, 0.6) is 0 Å². The van der Waals surface area contributed by atoms with Crippen LogP contribution in [0, 0.1) is 17.2 Å². The van der Waals surface area contributed by atoms with E-state index in [1.165, 1.54) is 6.08 Å². The van der Waals surface area contributed by atoms with Crippen molar-refractivity contribution < 1.29 is 14.0 Å². The summed E-state index contributed by atoms with van der Waals surface area (Å²) in [4.78, 5) is 26.6. The monoisotopic (exact) mass is 428 g/mol. The lowest BCUT2D eigenvalue weighted by molar-refractivity contribution is -0.141. The van der Waals surface area contributed by atoms with Crippen molar-refractivity contribution >= 4 is 41.1 Å². The van der Waals surface area contributed by atoms with E-state index in [0.29, 0.717) is 32.7 Å². The average Bonchev–Trinajstić information content (AvgIpc) is 3.13. The minimum Gasteiger partial charge on any atom is -0.457 e. The van der Waals surface area contributed by atoms with Crippen LogP contribution in [0.3, 0.4) is 0 Å². The molecule has 5 nitrogen and oxygen atoms in total. The van der Waals surface area contributed by atoms with Crippen LogP contribution in [0.25, 0.3) is 17.4 Å². The Morgan fingerprint density at radius 2 is 1.90 bits per heavy atom. The number of hydrogen-bond donors (Lipinski definition) is 0. The number of hydrogen-bond acceptors (Lipinski definition) is 4. The van der Waals surface area contributed by atoms with Crippen molar-refractivity contribution in [1.29, 1.82) is 5.26 Å². The molecule has 0 saturated heterocycles. The molecule has 2 heterocycles. The lowest BCUT2D eigenvalue weighted by Crippen LogP contribution is -2.44. The van der Waals surface area contributed by atoms with E-state index in [-0.39, 0.29) is 23.6 Å². The Hall–Kier alpha value is -2.81. The van der Waals surface area contributed by atoms with Crippen molar-refractivity contribution in [2.24, 2.45) is 5.92 Å².